The molecule has 0 unspecified atom stereocenters. The maximum Gasteiger partial charge on any atom is 0.146 e. The zero-order chi connectivity index (χ0) is 14.6. The summed E-state index contributed by atoms with van der Waals surface area (Å²) in [5.41, 5.74) is 6.48. The molecule has 108 valence electrons. The highest BCUT2D eigenvalue weighted by Gasteiger charge is 2.23. The highest BCUT2D eigenvalue weighted by Crippen LogP contribution is 2.22. The summed E-state index contributed by atoms with van der Waals surface area (Å²) >= 11 is 0. The second kappa shape index (κ2) is 6.67. The van der Waals surface area contributed by atoms with Gasteiger partial charge in [-0.2, -0.15) is 0 Å². The molecule has 3 heteroatoms. The van der Waals surface area contributed by atoms with E-state index in [1.807, 2.05) is 0 Å². The van der Waals surface area contributed by atoms with Gasteiger partial charge in [0.2, 0.25) is 0 Å². The summed E-state index contributed by atoms with van der Waals surface area (Å²) in [6, 6.07) is 0.0304. The lowest BCUT2D eigenvalue weighted by Gasteiger charge is -2.28. The van der Waals surface area contributed by atoms with Crippen molar-refractivity contribution in [2.45, 2.75) is 73.4 Å². The van der Waals surface area contributed by atoms with E-state index in [4.69, 9.17) is 5.73 Å². The highest BCUT2D eigenvalue weighted by atomic mass is 16.1. The summed E-state index contributed by atoms with van der Waals surface area (Å²) in [5, 5.41) is 3.32. The first kappa shape index (κ1) is 17.6. The van der Waals surface area contributed by atoms with E-state index in [-0.39, 0.29) is 28.7 Å². The monoisotopic (exact) mass is 256 g/mol. The van der Waals surface area contributed by atoms with Gasteiger partial charge in [-0.3, -0.25) is 4.79 Å². The normalized spacial score (nSPS) is 16.4. The summed E-state index contributed by atoms with van der Waals surface area (Å²) in [7, 11) is 0. The van der Waals surface area contributed by atoms with E-state index in [9.17, 15) is 4.79 Å². The van der Waals surface area contributed by atoms with Crippen LogP contribution in [0, 0.1) is 10.8 Å². The lowest BCUT2D eigenvalue weighted by molar-refractivity contribution is -0.119. The van der Waals surface area contributed by atoms with Gasteiger partial charge < -0.3 is 11.1 Å². The van der Waals surface area contributed by atoms with Gasteiger partial charge in [-0.1, -0.05) is 41.5 Å². The van der Waals surface area contributed by atoms with Crippen LogP contribution in [0.1, 0.15) is 61.3 Å². The minimum absolute atomic E-state index is 0.0731. The van der Waals surface area contributed by atoms with Crippen molar-refractivity contribution in [3.63, 3.8) is 0 Å². The smallest absolute Gasteiger partial charge is 0.146 e. The average Bonchev–Trinajstić information content (AvgIpc) is 2.06. The molecule has 0 aliphatic rings. The van der Waals surface area contributed by atoms with E-state index < -0.39 is 0 Å². The Labute approximate surface area is 113 Å². The zero-order valence-electron chi connectivity index (χ0n) is 13.3. The number of hydrogen-bond donors (Lipinski definition) is 2. The molecule has 0 aromatic heterocycles. The molecular weight excluding hydrogens is 224 g/mol. The molecule has 0 aromatic carbocycles. The Morgan fingerprint density at radius 3 is 1.83 bits per heavy atom. The Morgan fingerprint density at radius 2 is 1.50 bits per heavy atom. The molecule has 0 aromatic rings. The number of nitrogens with two attached hydrogens (primary N) is 1. The highest BCUT2D eigenvalue weighted by molar-refractivity contribution is 5.81. The number of Topliss-reactive ketones (excluding diaryl/α,β-unsaturated/α-hetero) is 1. The quantitative estimate of drug-likeness (QED) is 0.768. The Morgan fingerprint density at radius 1 is 1.06 bits per heavy atom. The van der Waals surface area contributed by atoms with E-state index in [2.05, 4.69) is 46.9 Å². The molecule has 0 saturated carbocycles. The SMILES string of the molecule is CC(=O)[C@H](CC(C)(C)C)NC[C@@H](N)CC(C)(C)C. The maximum absolute atomic E-state index is 11.6. The van der Waals surface area contributed by atoms with Gasteiger partial charge in [0, 0.05) is 12.6 Å². The van der Waals surface area contributed by atoms with Crippen LogP contribution in [0.15, 0.2) is 0 Å². The standard InChI is InChI=1S/C15H32N2O/c1-11(18)13(9-15(5,6)7)17-10-12(16)8-14(2,3)4/h12-13,17H,8-10,16H2,1-7H3/t12-,13-/m0/s1. The fourth-order valence-corrected chi connectivity index (χ4v) is 2.12. The van der Waals surface area contributed by atoms with Crippen LogP contribution in [0.25, 0.3) is 0 Å². The molecule has 3 nitrogen and oxygen atoms in total. The summed E-state index contributed by atoms with van der Waals surface area (Å²) in [4.78, 5) is 11.6. The van der Waals surface area contributed by atoms with Crippen LogP contribution in [-0.2, 0) is 4.79 Å². The van der Waals surface area contributed by atoms with Crippen molar-refractivity contribution in [1.82, 2.24) is 5.32 Å². The van der Waals surface area contributed by atoms with Gasteiger partial charge in [0.05, 0.1) is 6.04 Å². The van der Waals surface area contributed by atoms with Crippen LogP contribution in [0.4, 0.5) is 0 Å². The summed E-state index contributed by atoms with van der Waals surface area (Å²) in [6.07, 6.45) is 1.81. The van der Waals surface area contributed by atoms with E-state index in [1.54, 1.807) is 6.92 Å². The van der Waals surface area contributed by atoms with E-state index in [0.717, 1.165) is 12.8 Å². The molecule has 0 fully saturated rings. The molecule has 0 radical (unpaired) electrons. The number of nitrogens with one attached hydrogen (secondary N) is 1. The number of carbonyl (C=O) groups excluding carboxylic acids is 1. The summed E-state index contributed by atoms with van der Waals surface area (Å²) in [5.74, 6) is 0.202. The van der Waals surface area contributed by atoms with Crippen LogP contribution in [0.3, 0.4) is 0 Å². The number of ketones is 1. The van der Waals surface area contributed by atoms with Gasteiger partial charge in [-0.25, -0.2) is 0 Å². The Hall–Kier alpha value is -0.410. The third-order valence-electron chi connectivity index (χ3n) is 2.81. The molecule has 0 aliphatic heterocycles. The third kappa shape index (κ3) is 9.60. The van der Waals surface area contributed by atoms with Gasteiger partial charge in [-0.05, 0) is 30.6 Å². The number of carbonyl (C=O) groups is 1. The minimum atomic E-state index is -0.0731. The number of rotatable bonds is 6. The van der Waals surface area contributed by atoms with Gasteiger partial charge in [-0.15, -0.1) is 0 Å². The van der Waals surface area contributed by atoms with Crippen molar-refractivity contribution in [3.05, 3.63) is 0 Å². The van der Waals surface area contributed by atoms with E-state index in [1.165, 1.54) is 0 Å². The molecule has 3 N–H and O–H groups in total. The van der Waals surface area contributed by atoms with Crippen molar-refractivity contribution >= 4 is 5.78 Å². The molecule has 18 heavy (non-hydrogen) atoms. The first-order valence-corrected chi connectivity index (χ1v) is 6.90. The fraction of sp³-hybridized carbons (Fsp3) is 0.933. The van der Waals surface area contributed by atoms with Gasteiger partial charge in [0.25, 0.3) is 0 Å². The average molecular weight is 256 g/mol. The molecule has 0 spiro atoms. The molecule has 0 bridgehead atoms. The second-order valence-electron chi connectivity index (χ2n) is 7.86. The predicted octanol–water partition coefficient (Wildman–Crippen LogP) is 2.73. The third-order valence-corrected chi connectivity index (χ3v) is 2.81. The zero-order valence-corrected chi connectivity index (χ0v) is 13.3. The van der Waals surface area contributed by atoms with Gasteiger partial charge in [0.1, 0.15) is 5.78 Å². The first-order chi connectivity index (χ1) is 7.91. The van der Waals surface area contributed by atoms with Crippen molar-refractivity contribution in [2.75, 3.05) is 6.54 Å². The van der Waals surface area contributed by atoms with E-state index in [0.29, 0.717) is 6.54 Å². The van der Waals surface area contributed by atoms with Crippen molar-refractivity contribution < 1.29 is 4.79 Å². The summed E-state index contributed by atoms with van der Waals surface area (Å²) < 4.78 is 0. The Balaban J connectivity index is 4.24. The van der Waals surface area contributed by atoms with Crippen molar-refractivity contribution in [1.29, 1.82) is 0 Å². The van der Waals surface area contributed by atoms with Crippen LogP contribution in [0.2, 0.25) is 0 Å². The Kier molecular flexibility index (Phi) is 6.52. The van der Waals surface area contributed by atoms with Crippen LogP contribution in [0.5, 0.6) is 0 Å². The molecule has 0 aliphatic carbocycles. The molecule has 0 amide bonds. The Bertz CT molecular complexity index is 261. The van der Waals surface area contributed by atoms with Crippen molar-refractivity contribution in [2.24, 2.45) is 16.6 Å². The largest absolute Gasteiger partial charge is 0.327 e. The lowest BCUT2D eigenvalue weighted by Crippen LogP contribution is -2.45. The van der Waals surface area contributed by atoms with Crippen LogP contribution < -0.4 is 11.1 Å². The molecule has 2 atom stereocenters. The van der Waals surface area contributed by atoms with Gasteiger partial charge >= 0.3 is 0 Å². The van der Waals surface area contributed by atoms with Gasteiger partial charge in [0.15, 0.2) is 0 Å². The number of hydrogen-bond acceptors (Lipinski definition) is 3. The van der Waals surface area contributed by atoms with Crippen LogP contribution >= 0.6 is 0 Å². The molecule has 0 saturated heterocycles. The lowest BCUT2D eigenvalue weighted by atomic mass is 9.86. The summed E-state index contributed by atoms with van der Waals surface area (Å²) in [6.45, 7) is 15.4. The molecular formula is C15H32N2O. The maximum atomic E-state index is 11.6. The minimum Gasteiger partial charge on any atom is -0.327 e. The predicted molar refractivity (Wildman–Crippen MR) is 78.6 cm³/mol. The van der Waals surface area contributed by atoms with E-state index >= 15 is 0 Å². The molecule has 0 heterocycles. The topological polar surface area (TPSA) is 55.1 Å². The fourth-order valence-electron chi connectivity index (χ4n) is 2.12. The molecule has 0 rings (SSSR count). The van der Waals surface area contributed by atoms with Crippen molar-refractivity contribution in [3.8, 4) is 0 Å². The van der Waals surface area contributed by atoms with Crippen LogP contribution in [-0.4, -0.2) is 24.4 Å². The second-order valence-corrected chi connectivity index (χ2v) is 7.86. The first-order valence-electron chi connectivity index (χ1n) is 6.90.